The van der Waals surface area contributed by atoms with Crippen LogP contribution in [-0.2, 0) is 0 Å². The number of benzene rings is 1. The number of aliphatic hydroxyl groups excluding tert-OH is 1. The Kier molecular flexibility index (Phi) is 3.50. The first-order valence-corrected chi connectivity index (χ1v) is 4.84. The Balaban J connectivity index is 3.04. The average molecular weight is 253 g/mol. The Morgan fingerprint density at radius 3 is 2.83 bits per heavy atom. The first kappa shape index (κ1) is 9.96. The number of halogens is 3. The van der Waals surface area contributed by atoms with Gasteiger partial charge in [-0.15, -0.1) is 0 Å². The lowest BCUT2D eigenvalue weighted by atomic mass is 10.1. The van der Waals surface area contributed by atoms with Crippen LogP contribution in [-0.4, -0.2) is 10.4 Å². The van der Waals surface area contributed by atoms with Crippen LogP contribution in [0.4, 0.5) is 4.39 Å². The zero-order valence-corrected chi connectivity index (χ0v) is 8.44. The van der Waals surface area contributed by atoms with Gasteiger partial charge in [0.2, 0.25) is 0 Å². The Bertz CT molecular complexity index is 280. The molecule has 0 saturated heterocycles. The topological polar surface area (TPSA) is 20.2 Å². The van der Waals surface area contributed by atoms with Gasteiger partial charge in [-0.05, 0) is 18.2 Å². The summed E-state index contributed by atoms with van der Waals surface area (Å²) in [5.74, 6) is -0.394. The van der Waals surface area contributed by atoms with E-state index in [0.29, 0.717) is 15.9 Å². The van der Waals surface area contributed by atoms with Gasteiger partial charge in [-0.2, -0.15) is 0 Å². The molecule has 12 heavy (non-hydrogen) atoms. The number of hydrogen-bond acceptors (Lipinski definition) is 1. The van der Waals surface area contributed by atoms with E-state index in [1.165, 1.54) is 18.2 Å². The highest BCUT2D eigenvalue weighted by Gasteiger charge is 2.10. The zero-order chi connectivity index (χ0) is 9.14. The summed E-state index contributed by atoms with van der Waals surface area (Å²) in [4.78, 5) is 0. The van der Waals surface area contributed by atoms with E-state index in [9.17, 15) is 9.50 Å². The van der Waals surface area contributed by atoms with Crippen LogP contribution in [0.1, 0.15) is 11.7 Å². The molecule has 0 bridgehead atoms. The maximum Gasteiger partial charge on any atom is 0.123 e. The lowest BCUT2D eigenvalue weighted by Gasteiger charge is -2.08. The molecule has 66 valence electrons. The van der Waals surface area contributed by atoms with Gasteiger partial charge >= 0.3 is 0 Å². The van der Waals surface area contributed by atoms with Crippen molar-refractivity contribution >= 4 is 27.5 Å². The van der Waals surface area contributed by atoms with Gasteiger partial charge in [0.15, 0.2) is 0 Å². The molecule has 1 N–H and O–H groups in total. The molecule has 0 amide bonds. The van der Waals surface area contributed by atoms with Crippen LogP contribution in [0.25, 0.3) is 0 Å². The minimum atomic E-state index is -0.756. The molecular formula is C8H7BrClFO. The predicted octanol–water partition coefficient (Wildman–Crippen LogP) is 2.91. The van der Waals surface area contributed by atoms with Crippen LogP contribution in [0, 0.1) is 5.82 Å². The lowest BCUT2D eigenvalue weighted by molar-refractivity contribution is 0.205. The lowest BCUT2D eigenvalue weighted by Crippen LogP contribution is -1.99. The predicted molar refractivity (Wildman–Crippen MR) is 50.2 cm³/mol. The number of alkyl halides is 1. The molecular weight excluding hydrogens is 246 g/mol. The minimum absolute atomic E-state index is 0.343. The quantitative estimate of drug-likeness (QED) is 0.804. The molecule has 0 radical (unpaired) electrons. The molecule has 0 aliphatic carbocycles. The second kappa shape index (κ2) is 4.21. The molecule has 0 saturated carbocycles. The molecule has 1 aromatic carbocycles. The molecule has 0 spiro atoms. The Morgan fingerprint density at radius 1 is 1.58 bits per heavy atom. The van der Waals surface area contributed by atoms with Crippen LogP contribution in [0.5, 0.6) is 0 Å². The summed E-state index contributed by atoms with van der Waals surface area (Å²) in [6, 6.07) is 3.92. The molecule has 1 atom stereocenters. The van der Waals surface area contributed by atoms with Gasteiger partial charge in [-0.3, -0.25) is 0 Å². The van der Waals surface area contributed by atoms with Crippen molar-refractivity contribution in [1.29, 1.82) is 0 Å². The van der Waals surface area contributed by atoms with Crippen molar-refractivity contribution in [2.24, 2.45) is 0 Å². The number of rotatable bonds is 2. The van der Waals surface area contributed by atoms with Gasteiger partial charge in [-0.25, -0.2) is 4.39 Å². The summed E-state index contributed by atoms with van der Waals surface area (Å²) < 4.78 is 12.7. The smallest absolute Gasteiger partial charge is 0.123 e. The highest BCUT2D eigenvalue weighted by atomic mass is 79.9. The molecule has 1 unspecified atom stereocenters. The summed E-state index contributed by atoms with van der Waals surface area (Å²) >= 11 is 8.80. The molecule has 4 heteroatoms. The van der Waals surface area contributed by atoms with E-state index in [2.05, 4.69) is 15.9 Å². The van der Waals surface area contributed by atoms with Crippen LogP contribution in [0.15, 0.2) is 18.2 Å². The molecule has 0 aliphatic heterocycles. The fourth-order valence-electron chi connectivity index (χ4n) is 0.853. The summed E-state index contributed by atoms with van der Waals surface area (Å²) in [5.41, 5.74) is 0.411. The van der Waals surface area contributed by atoms with E-state index < -0.39 is 11.9 Å². The van der Waals surface area contributed by atoms with Gasteiger partial charge in [0.05, 0.1) is 6.10 Å². The summed E-state index contributed by atoms with van der Waals surface area (Å²) in [7, 11) is 0. The van der Waals surface area contributed by atoms with Gasteiger partial charge in [-0.1, -0.05) is 27.5 Å². The van der Waals surface area contributed by atoms with Gasteiger partial charge < -0.3 is 5.11 Å². The van der Waals surface area contributed by atoms with E-state index >= 15 is 0 Å². The molecule has 1 rings (SSSR count). The van der Waals surface area contributed by atoms with Crippen molar-refractivity contribution in [3.8, 4) is 0 Å². The fourth-order valence-corrected chi connectivity index (χ4v) is 1.45. The highest BCUT2D eigenvalue weighted by Crippen LogP contribution is 2.24. The van der Waals surface area contributed by atoms with Crippen molar-refractivity contribution in [2.45, 2.75) is 6.10 Å². The standard InChI is InChI=1S/C8H7BrClFO/c9-4-8(12)6-3-5(11)1-2-7(6)10/h1-3,8,12H,4H2. The van der Waals surface area contributed by atoms with E-state index in [0.717, 1.165) is 0 Å². The molecule has 0 aliphatic rings. The summed E-state index contributed by atoms with van der Waals surface area (Å²) in [6.07, 6.45) is -0.756. The second-order valence-electron chi connectivity index (χ2n) is 2.34. The van der Waals surface area contributed by atoms with Crippen molar-refractivity contribution < 1.29 is 9.50 Å². The minimum Gasteiger partial charge on any atom is -0.387 e. The van der Waals surface area contributed by atoms with Crippen LogP contribution < -0.4 is 0 Å². The third kappa shape index (κ3) is 2.19. The normalized spacial score (nSPS) is 13.0. The molecule has 0 fully saturated rings. The number of aliphatic hydroxyl groups is 1. The average Bonchev–Trinajstić information content (AvgIpc) is 2.08. The third-order valence-corrected chi connectivity index (χ3v) is 2.42. The van der Waals surface area contributed by atoms with Crippen molar-refractivity contribution in [3.05, 3.63) is 34.6 Å². The Labute approximate surface area is 83.3 Å². The first-order chi connectivity index (χ1) is 5.65. The van der Waals surface area contributed by atoms with Crippen molar-refractivity contribution in [2.75, 3.05) is 5.33 Å². The van der Waals surface area contributed by atoms with Gasteiger partial charge in [0.1, 0.15) is 5.82 Å². The third-order valence-electron chi connectivity index (χ3n) is 1.46. The van der Waals surface area contributed by atoms with Gasteiger partial charge in [0, 0.05) is 15.9 Å². The zero-order valence-electron chi connectivity index (χ0n) is 6.10. The van der Waals surface area contributed by atoms with E-state index in [-0.39, 0.29) is 0 Å². The Hall–Kier alpha value is -0.120. The SMILES string of the molecule is OC(CBr)c1cc(F)ccc1Cl. The van der Waals surface area contributed by atoms with Crippen LogP contribution in [0.2, 0.25) is 5.02 Å². The molecule has 1 nitrogen and oxygen atoms in total. The van der Waals surface area contributed by atoms with Crippen LogP contribution in [0.3, 0.4) is 0 Å². The van der Waals surface area contributed by atoms with Crippen molar-refractivity contribution in [3.63, 3.8) is 0 Å². The fraction of sp³-hybridized carbons (Fsp3) is 0.250. The largest absolute Gasteiger partial charge is 0.387 e. The van der Waals surface area contributed by atoms with E-state index in [1.54, 1.807) is 0 Å². The maximum absolute atomic E-state index is 12.7. The summed E-state index contributed by atoms with van der Waals surface area (Å²) in [6.45, 7) is 0. The van der Waals surface area contributed by atoms with Gasteiger partial charge in [0.25, 0.3) is 0 Å². The first-order valence-electron chi connectivity index (χ1n) is 3.34. The second-order valence-corrected chi connectivity index (χ2v) is 3.39. The highest BCUT2D eigenvalue weighted by molar-refractivity contribution is 9.09. The molecule has 0 aromatic heterocycles. The van der Waals surface area contributed by atoms with Crippen LogP contribution >= 0.6 is 27.5 Å². The monoisotopic (exact) mass is 252 g/mol. The van der Waals surface area contributed by atoms with Crippen molar-refractivity contribution in [1.82, 2.24) is 0 Å². The maximum atomic E-state index is 12.7. The van der Waals surface area contributed by atoms with E-state index in [1.807, 2.05) is 0 Å². The summed E-state index contributed by atoms with van der Waals surface area (Å²) in [5, 5.41) is 10.1. The Morgan fingerprint density at radius 2 is 2.25 bits per heavy atom. The molecule has 0 heterocycles. The number of hydrogen-bond donors (Lipinski definition) is 1. The van der Waals surface area contributed by atoms with E-state index in [4.69, 9.17) is 11.6 Å². The molecule has 1 aromatic rings.